The van der Waals surface area contributed by atoms with E-state index in [1.54, 1.807) is 0 Å². The largest absolute Gasteiger partial charge is 0.0584 e. The van der Waals surface area contributed by atoms with Crippen LogP contribution in [0.2, 0.25) is 0 Å². The molecule has 0 heteroatoms. The Hall–Kier alpha value is -1.56. The van der Waals surface area contributed by atoms with Crippen molar-refractivity contribution < 1.29 is 0 Å². The summed E-state index contributed by atoms with van der Waals surface area (Å²) >= 11 is 0. The molecule has 2 aromatic rings. The molecule has 0 N–H and O–H groups in total. The predicted octanol–water partition coefficient (Wildman–Crippen LogP) is 6.57. The number of hydrogen-bond acceptors (Lipinski definition) is 0. The molecule has 0 aliphatic rings. The van der Waals surface area contributed by atoms with Gasteiger partial charge < -0.3 is 0 Å². The van der Waals surface area contributed by atoms with Gasteiger partial charge in [0, 0.05) is 0 Å². The first kappa shape index (κ1) is 16.8. The second-order valence-electron chi connectivity index (χ2n) is 8.56. The smallest absolute Gasteiger partial charge is 0.0132 e. The summed E-state index contributed by atoms with van der Waals surface area (Å²) in [6.07, 6.45) is 0. The highest BCUT2D eigenvalue weighted by atomic mass is 14.2. The molecule has 0 saturated heterocycles. The van der Waals surface area contributed by atoms with Crippen LogP contribution in [0.4, 0.5) is 0 Å². The number of aryl methyl sites for hydroxylation is 2. The van der Waals surface area contributed by atoms with E-state index in [9.17, 15) is 0 Å². The van der Waals surface area contributed by atoms with Crippen molar-refractivity contribution in [3.63, 3.8) is 0 Å². The van der Waals surface area contributed by atoms with Crippen molar-refractivity contribution in [3.8, 4) is 11.1 Å². The van der Waals surface area contributed by atoms with Gasteiger partial charge in [0.2, 0.25) is 0 Å². The molecule has 0 spiro atoms. The summed E-state index contributed by atoms with van der Waals surface area (Å²) in [6.45, 7) is 18.1. The Bertz CT molecular complexity index is 615. The molecule has 0 amide bonds. The lowest BCUT2D eigenvalue weighted by molar-refractivity contribution is 0.589. The van der Waals surface area contributed by atoms with Gasteiger partial charge in [-0.3, -0.25) is 0 Å². The van der Waals surface area contributed by atoms with Crippen molar-refractivity contribution in [2.45, 2.75) is 66.2 Å². The zero-order valence-corrected chi connectivity index (χ0v) is 15.5. The van der Waals surface area contributed by atoms with Crippen molar-refractivity contribution in [1.82, 2.24) is 0 Å². The summed E-state index contributed by atoms with van der Waals surface area (Å²) in [4.78, 5) is 0. The maximum absolute atomic E-state index is 2.38. The Kier molecular flexibility index (Phi) is 4.26. The van der Waals surface area contributed by atoms with Crippen LogP contribution in [0.1, 0.15) is 63.8 Å². The maximum atomic E-state index is 2.38. The van der Waals surface area contributed by atoms with Gasteiger partial charge in [-0.1, -0.05) is 77.9 Å². The summed E-state index contributed by atoms with van der Waals surface area (Å²) in [5.74, 6) is 0. The number of rotatable bonds is 1. The van der Waals surface area contributed by atoms with Gasteiger partial charge in [-0.25, -0.2) is 0 Å². The minimum atomic E-state index is 0.179. The zero-order valence-electron chi connectivity index (χ0n) is 15.5. The van der Waals surface area contributed by atoms with Crippen LogP contribution >= 0.6 is 0 Å². The van der Waals surface area contributed by atoms with Crippen molar-refractivity contribution in [2.24, 2.45) is 0 Å². The lowest BCUT2D eigenvalue weighted by atomic mass is 9.81. The lowest BCUT2D eigenvalue weighted by Gasteiger charge is -2.23. The topological polar surface area (TPSA) is 0 Å². The summed E-state index contributed by atoms with van der Waals surface area (Å²) in [7, 11) is 0. The second kappa shape index (κ2) is 5.57. The SMILES string of the molecule is Cc1ccc(C(C)(C)C)cc1-c1cc(C(C)(C)C)ccc1C. The highest BCUT2D eigenvalue weighted by Gasteiger charge is 2.18. The first-order valence-electron chi connectivity index (χ1n) is 8.23. The van der Waals surface area contributed by atoms with E-state index in [-0.39, 0.29) is 10.8 Å². The summed E-state index contributed by atoms with van der Waals surface area (Å²) < 4.78 is 0. The van der Waals surface area contributed by atoms with Crippen molar-refractivity contribution in [2.75, 3.05) is 0 Å². The van der Waals surface area contributed by atoms with E-state index in [0.717, 1.165) is 0 Å². The first-order valence-corrected chi connectivity index (χ1v) is 8.23. The van der Waals surface area contributed by atoms with Crippen LogP contribution in [0.15, 0.2) is 36.4 Å². The molecule has 0 radical (unpaired) electrons. The highest BCUT2D eigenvalue weighted by molar-refractivity contribution is 5.72. The van der Waals surface area contributed by atoms with Gasteiger partial charge >= 0.3 is 0 Å². The standard InChI is InChI=1S/C22H30/c1-15-9-11-17(21(3,4)5)13-19(15)20-14-18(22(6,7)8)12-10-16(20)2/h9-14H,1-8H3. The van der Waals surface area contributed by atoms with E-state index in [4.69, 9.17) is 0 Å². The van der Waals surface area contributed by atoms with Gasteiger partial charge in [-0.05, 0) is 58.1 Å². The van der Waals surface area contributed by atoms with Gasteiger partial charge in [0.15, 0.2) is 0 Å². The average Bonchev–Trinajstić information content (AvgIpc) is 2.37. The van der Waals surface area contributed by atoms with Crippen LogP contribution < -0.4 is 0 Å². The molecule has 0 nitrogen and oxygen atoms in total. The zero-order chi connectivity index (χ0) is 16.7. The predicted molar refractivity (Wildman–Crippen MR) is 98.8 cm³/mol. The van der Waals surface area contributed by atoms with Crippen molar-refractivity contribution in [1.29, 1.82) is 0 Å². The Morgan fingerprint density at radius 3 is 1.14 bits per heavy atom. The van der Waals surface area contributed by atoms with Crippen LogP contribution in [-0.4, -0.2) is 0 Å². The molecule has 0 atom stereocenters. The Morgan fingerprint density at radius 2 is 0.864 bits per heavy atom. The molecule has 0 fully saturated rings. The third-order valence-corrected chi connectivity index (χ3v) is 4.50. The molecule has 2 rings (SSSR count). The fourth-order valence-corrected chi connectivity index (χ4v) is 2.76. The van der Waals surface area contributed by atoms with Gasteiger partial charge in [0.05, 0.1) is 0 Å². The van der Waals surface area contributed by atoms with Gasteiger partial charge in [0.25, 0.3) is 0 Å². The Labute approximate surface area is 136 Å². The van der Waals surface area contributed by atoms with E-state index in [0.29, 0.717) is 0 Å². The van der Waals surface area contributed by atoms with E-state index in [2.05, 4.69) is 91.8 Å². The highest BCUT2D eigenvalue weighted by Crippen LogP contribution is 2.34. The van der Waals surface area contributed by atoms with Crippen LogP contribution in [0.5, 0.6) is 0 Å². The molecular weight excluding hydrogens is 264 g/mol. The molecule has 0 bridgehead atoms. The molecule has 22 heavy (non-hydrogen) atoms. The minimum Gasteiger partial charge on any atom is -0.0584 e. The molecule has 0 saturated carbocycles. The number of benzene rings is 2. The molecule has 0 aromatic heterocycles. The van der Waals surface area contributed by atoms with Crippen molar-refractivity contribution >= 4 is 0 Å². The van der Waals surface area contributed by atoms with Crippen LogP contribution in [0.3, 0.4) is 0 Å². The van der Waals surface area contributed by atoms with Crippen LogP contribution in [0, 0.1) is 13.8 Å². The quantitative estimate of drug-likeness (QED) is 0.558. The van der Waals surface area contributed by atoms with Crippen LogP contribution in [0.25, 0.3) is 11.1 Å². The van der Waals surface area contributed by atoms with E-state index in [1.165, 1.54) is 33.4 Å². The Balaban J connectivity index is 2.66. The molecule has 0 heterocycles. The lowest BCUT2D eigenvalue weighted by Crippen LogP contribution is -2.12. The van der Waals surface area contributed by atoms with Crippen LogP contribution in [-0.2, 0) is 10.8 Å². The molecule has 0 unspecified atom stereocenters. The fraction of sp³-hybridized carbons (Fsp3) is 0.455. The van der Waals surface area contributed by atoms with Gasteiger partial charge in [0.1, 0.15) is 0 Å². The normalized spacial score (nSPS) is 12.5. The third kappa shape index (κ3) is 3.43. The van der Waals surface area contributed by atoms with Gasteiger partial charge in [-0.2, -0.15) is 0 Å². The monoisotopic (exact) mass is 294 g/mol. The average molecular weight is 294 g/mol. The minimum absolute atomic E-state index is 0.179. The molecule has 0 aliphatic heterocycles. The van der Waals surface area contributed by atoms with Gasteiger partial charge in [-0.15, -0.1) is 0 Å². The van der Waals surface area contributed by atoms with E-state index >= 15 is 0 Å². The Morgan fingerprint density at radius 1 is 0.545 bits per heavy atom. The van der Waals surface area contributed by atoms with E-state index < -0.39 is 0 Å². The summed E-state index contributed by atoms with van der Waals surface area (Å²) in [5, 5.41) is 0. The second-order valence-corrected chi connectivity index (χ2v) is 8.56. The fourth-order valence-electron chi connectivity index (χ4n) is 2.76. The van der Waals surface area contributed by atoms with Crippen molar-refractivity contribution in [3.05, 3.63) is 58.7 Å². The van der Waals surface area contributed by atoms with E-state index in [1.807, 2.05) is 0 Å². The molecule has 2 aromatic carbocycles. The molecule has 0 aliphatic carbocycles. The number of hydrogen-bond donors (Lipinski definition) is 0. The summed E-state index contributed by atoms with van der Waals surface area (Å²) in [6, 6.07) is 13.8. The maximum Gasteiger partial charge on any atom is -0.0132 e. The summed E-state index contributed by atoms with van der Waals surface area (Å²) in [5.41, 5.74) is 8.59. The first-order chi connectivity index (χ1) is 10.00. The molecular formula is C22H30. The third-order valence-electron chi connectivity index (χ3n) is 4.50. The molecule has 118 valence electrons.